The first-order chi connectivity index (χ1) is 14.9. The van der Waals surface area contributed by atoms with Crippen molar-refractivity contribution in [1.82, 2.24) is 9.97 Å². The SMILES string of the molecule is Cc1ccc(Nc2cc(N(C)C)nc(N3CCN(c4cccc(Cl)c4)CC3)n2)cc1C. The van der Waals surface area contributed by atoms with Crippen molar-refractivity contribution in [2.24, 2.45) is 0 Å². The van der Waals surface area contributed by atoms with Gasteiger partial charge in [0.25, 0.3) is 0 Å². The predicted molar refractivity (Wildman–Crippen MR) is 131 cm³/mol. The van der Waals surface area contributed by atoms with E-state index in [2.05, 4.69) is 53.2 Å². The fourth-order valence-corrected chi connectivity index (χ4v) is 3.85. The van der Waals surface area contributed by atoms with Crippen LogP contribution in [0.2, 0.25) is 5.02 Å². The molecule has 6 nitrogen and oxygen atoms in total. The first-order valence-corrected chi connectivity index (χ1v) is 10.9. The second-order valence-corrected chi connectivity index (χ2v) is 8.62. The Bertz CT molecular complexity index is 1060. The molecule has 0 radical (unpaired) electrons. The summed E-state index contributed by atoms with van der Waals surface area (Å²) in [6.07, 6.45) is 0. The molecule has 1 aliphatic heterocycles. The molecule has 0 atom stereocenters. The van der Waals surface area contributed by atoms with E-state index in [4.69, 9.17) is 21.6 Å². The van der Waals surface area contributed by atoms with Gasteiger partial charge in [0.2, 0.25) is 5.95 Å². The largest absolute Gasteiger partial charge is 0.368 e. The minimum atomic E-state index is 0.753. The highest BCUT2D eigenvalue weighted by Crippen LogP contribution is 2.26. The number of piperazine rings is 1. The third-order valence-corrected chi connectivity index (χ3v) is 5.91. The van der Waals surface area contributed by atoms with Crippen molar-refractivity contribution in [3.8, 4) is 0 Å². The molecule has 0 aliphatic carbocycles. The van der Waals surface area contributed by atoms with Crippen LogP contribution in [0, 0.1) is 13.8 Å². The molecule has 162 valence electrons. The predicted octanol–water partition coefficient (Wildman–Crippen LogP) is 4.88. The van der Waals surface area contributed by atoms with Gasteiger partial charge in [0.1, 0.15) is 11.6 Å². The van der Waals surface area contributed by atoms with Crippen LogP contribution in [0.4, 0.5) is 29.0 Å². The summed E-state index contributed by atoms with van der Waals surface area (Å²) in [4.78, 5) is 16.3. The maximum Gasteiger partial charge on any atom is 0.229 e. The number of hydrogen-bond donors (Lipinski definition) is 1. The Morgan fingerprint density at radius 1 is 0.871 bits per heavy atom. The van der Waals surface area contributed by atoms with E-state index in [-0.39, 0.29) is 0 Å². The fourth-order valence-electron chi connectivity index (χ4n) is 3.66. The Balaban J connectivity index is 1.53. The Morgan fingerprint density at radius 2 is 1.61 bits per heavy atom. The van der Waals surface area contributed by atoms with Crippen molar-refractivity contribution in [3.05, 3.63) is 64.7 Å². The molecule has 0 amide bonds. The molecule has 1 saturated heterocycles. The Hall–Kier alpha value is -2.99. The Kier molecular flexibility index (Phi) is 6.18. The molecular weight excluding hydrogens is 408 g/mol. The first kappa shape index (κ1) is 21.2. The smallest absolute Gasteiger partial charge is 0.229 e. The van der Waals surface area contributed by atoms with Crippen molar-refractivity contribution in [1.29, 1.82) is 0 Å². The number of nitrogens with zero attached hydrogens (tertiary/aromatic N) is 5. The van der Waals surface area contributed by atoms with Gasteiger partial charge in [0.15, 0.2) is 0 Å². The van der Waals surface area contributed by atoms with Crippen LogP contribution < -0.4 is 20.0 Å². The van der Waals surface area contributed by atoms with Crippen LogP contribution >= 0.6 is 11.6 Å². The highest BCUT2D eigenvalue weighted by Gasteiger charge is 2.21. The molecule has 31 heavy (non-hydrogen) atoms. The van der Waals surface area contributed by atoms with Gasteiger partial charge in [0, 0.05) is 62.7 Å². The first-order valence-electron chi connectivity index (χ1n) is 10.6. The monoisotopic (exact) mass is 436 g/mol. The number of nitrogens with one attached hydrogen (secondary N) is 1. The number of anilines is 5. The summed E-state index contributed by atoms with van der Waals surface area (Å²) < 4.78 is 0. The maximum atomic E-state index is 6.17. The molecule has 0 saturated carbocycles. The van der Waals surface area contributed by atoms with Crippen molar-refractivity contribution < 1.29 is 0 Å². The summed E-state index contributed by atoms with van der Waals surface area (Å²) in [5.41, 5.74) is 4.72. The number of aryl methyl sites for hydroxylation is 2. The lowest BCUT2D eigenvalue weighted by Gasteiger charge is -2.36. The zero-order valence-corrected chi connectivity index (χ0v) is 19.3. The van der Waals surface area contributed by atoms with E-state index < -0.39 is 0 Å². The summed E-state index contributed by atoms with van der Waals surface area (Å²) in [6, 6.07) is 16.4. The highest BCUT2D eigenvalue weighted by atomic mass is 35.5. The van der Waals surface area contributed by atoms with Crippen molar-refractivity contribution >= 4 is 40.6 Å². The zero-order valence-electron chi connectivity index (χ0n) is 18.6. The molecule has 1 aliphatic rings. The summed E-state index contributed by atoms with van der Waals surface area (Å²) in [7, 11) is 4.01. The quantitative estimate of drug-likeness (QED) is 0.614. The van der Waals surface area contributed by atoms with Crippen molar-refractivity contribution in [2.75, 3.05) is 60.3 Å². The van der Waals surface area contributed by atoms with Gasteiger partial charge < -0.3 is 20.0 Å². The molecule has 2 aromatic carbocycles. The molecule has 1 fully saturated rings. The van der Waals surface area contributed by atoms with Gasteiger partial charge in [0.05, 0.1) is 0 Å². The zero-order chi connectivity index (χ0) is 22.0. The van der Waals surface area contributed by atoms with E-state index in [9.17, 15) is 0 Å². The van der Waals surface area contributed by atoms with Crippen LogP contribution in [-0.4, -0.2) is 50.2 Å². The van der Waals surface area contributed by atoms with Gasteiger partial charge in [-0.15, -0.1) is 0 Å². The second-order valence-electron chi connectivity index (χ2n) is 8.18. The third-order valence-electron chi connectivity index (χ3n) is 5.67. The van der Waals surface area contributed by atoms with Crippen molar-refractivity contribution in [3.63, 3.8) is 0 Å². The van der Waals surface area contributed by atoms with Gasteiger partial charge in [-0.05, 0) is 55.3 Å². The average Bonchev–Trinajstić information content (AvgIpc) is 2.76. The molecule has 7 heteroatoms. The van der Waals surface area contributed by atoms with Gasteiger partial charge in [-0.1, -0.05) is 23.7 Å². The molecule has 0 spiro atoms. The van der Waals surface area contributed by atoms with E-state index >= 15 is 0 Å². The van der Waals surface area contributed by atoms with E-state index in [0.29, 0.717) is 0 Å². The maximum absolute atomic E-state index is 6.17. The van der Waals surface area contributed by atoms with E-state index in [1.807, 2.05) is 43.3 Å². The number of halogens is 1. The summed E-state index contributed by atoms with van der Waals surface area (Å²) in [5, 5.41) is 4.23. The van der Waals surface area contributed by atoms with Gasteiger partial charge in [-0.2, -0.15) is 9.97 Å². The summed E-state index contributed by atoms with van der Waals surface area (Å²) in [5.74, 6) is 2.44. The minimum absolute atomic E-state index is 0.753. The molecule has 1 aromatic heterocycles. The Labute approximate surface area is 189 Å². The number of benzene rings is 2. The molecular formula is C24H29ClN6. The van der Waals surface area contributed by atoms with Crippen LogP contribution in [0.5, 0.6) is 0 Å². The lowest BCUT2D eigenvalue weighted by Crippen LogP contribution is -2.47. The minimum Gasteiger partial charge on any atom is -0.368 e. The normalized spacial score (nSPS) is 14.0. The average molecular weight is 437 g/mol. The van der Waals surface area contributed by atoms with Gasteiger partial charge in [-0.25, -0.2) is 0 Å². The standard InChI is InChI=1S/C24H29ClN6/c1-17-8-9-20(14-18(17)2)26-22-16-23(29(3)4)28-24(27-22)31-12-10-30(11-13-31)21-7-5-6-19(25)15-21/h5-9,14-16H,10-13H2,1-4H3,(H,26,27,28). The number of hydrogen-bond acceptors (Lipinski definition) is 6. The molecule has 1 N–H and O–H groups in total. The summed E-state index contributed by atoms with van der Waals surface area (Å²) >= 11 is 6.17. The molecule has 4 rings (SSSR count). The van der Waals surface area contributed by atoms with Crippen LogP contribution in [0.15, 0.2) is 48.5 Å². The van der Waals surface area contributed by atoms with E-state index in [0.717, 1.165) is 60.2 Å². The molecule has 0 bridgehead atoms. The molecule has 0 unspecified atom stereocenters. The van der Waals surface area contributed by atoms with Crippen molar-refractivity contribution in [2.45, 2.75) is 13.8 Å². The summed E-state index contributed by atoms with van der Waals surface area (Å²) in [6.45, 7) is 7.75. The van der Waals surface area contributed by atoms with Gasteiger partial charge in [-0.3, -0.25) is 0 Å². The highest BCUT2D eigenvalue weighted by molar-refractivity contribution is 6.30. The van der Waals surface area contributed by atoms with Crippen LogP contribution in [-0.2, 0) is 0 Å². The fraction of sp³-hybridized carbons (Fsp3) is 0.333. The van der Waals surface area contributed by atoms with Crippen LogP contribution in [0.1, 0.15) is 11.1 Å². The molecule has 3 aromatic rings. The van der Waals surface area contributed by atoms with E-state index in [1.165, 1.54) is 11.1 Å². The van der Waals surface area contributed by atoms with Crippen LogP contribution in [0.3, 0.4) is 0 Å². The lowest BCUT2D eigenvalue weighted by atomic mass is 10.1. The second kappa shape index (κ2) is 9.02. The molecule has 2 heterocycles. The van der Waals surface area contributed by atoms with Crippen LogP contribution in [0.25, 0.3) is 0 Å². The number of rotatable bonds is 5. The Morgan fingerprint density at radius 3 is 2.29 bits per heavy atom. The number of aromatic nitrogens is 2. The lowest BCUT2D eigenvalue weighted by molar-refractivity contribution is 0.640. The third kappa shape index (κ3) is 5.02. The van der Waals surface area contributed by atoms with E-state index in [1.54, 1.807) is 0 Å². The van der Waals surface area contributed by atoms with Gasteiger partial charge >= 0.3 is 0 Å². The topological polar surface area (TPSA) is 47.5 Å².